The molecular formula is C16H19BrF2O2. The summed E-state index contributed by atoms with van der Waals surface area (Å²) in [5, 5.41) is 9.08. The van der Waals surface area contributed by atoms with E-state index in [1.54, 1.807) is 12.1 Å². The summed E-state index contributed by atoms with van der Waals surface area (Å²) in [5.74, 6) is -3.98. The zero-order valence-electron chi connectivity index (χ0n) is 11.7. The molecule has 0 heterocycles. The van der Waals surface area contributed by atoms with Crippen molar-refractivity contribution in [3.63, 3.8) is 0 Å². The first kappa shape index (κ1) is 16.4. The summed E-state index contributed by atoms with van der Waals surface area (Å²) in [6.45, 7) is 0. The summed E-state index contributed by atoms with van der Waals surface area (Å²) in [6.07, 6.45) is 3.28. The van der Waals surface area contributed by atoms with Gasteiger partial charge in [-0.05, 0) is 30.4 Å². The molecule has 1 aromatic rings. The second-order valence-electron chi connectivity index (χ2n) is 6.02. The quantitative estimate of drug-likeness (QED) is 0.767. The standard InChI is InChI=1S/C16H19BrF2O2/c17-13-6-4-12(5-7-13)16(18,19)11-15(10-14(20)21)8-2-1-3-9-15/h4-7H,1-3,8-11H2,(H,20,21). The van der Waals surface area contributed by atoms with Crippen LogP contribution in [0, 0.1) is 5.41 Å². The van der Waals surface area contributed by atoms with E-state index in [4.69, 9.17) is 5.11 Å². The summed E-state index contributed by atoms with van der Waals surface area (Å²) >= 11 is 3.23. The van der Waals surface area contributed by atoms with Crippen molar-refractivity contribution in [2.24, 2.45) is 5.41 Å². The van der Waals surface area contributed by atoms with Crippen LogP contribution in [0.1, 0.15) is 50.5 Å². The van der Waals surface area contributed by atoms with Crippen molar-refractivity contribution in [1.29, 1.82) is 0 Å². The molecule has 1 aromatic carbocycles. The Labute approximate surface area is 131 Å². The van der Waals surface area contributed by atoms with E-state index in [-0.39, 0.29) is 18.4 Å². The number of hydrogen-bond acceptors (Lipinski definition) is 1. The Hall–Kier alpha value is -0.970. The van der Waals surface area contributed by atoms with Crippen LogP contribution in [0.25, 0.3) is 0 Å². The van der Waals surface area contributed by atoms with Crippen molar-refractivity contribution in [2.45, 2.75) is 50.9 Å². The van der Waals surface area contributed by atoms with Crippen LogP contribution in [0.5, 0.6) is 0 Å². The molecule has 116 valence electrons. The van der Waals surface area contributed by atoms with Gasteiger partial charge in [-0.1, -0.05) is 47.3 Å². The van der Waals surface area contributed by atoms with E-state index < -0.39 is 17.3 Å². The topological polar surface area (TPSA) is 37.3 Å². The molecule has 0 amide bonds. The molecule has 0 bridgehead atoms. The van der Waals surface area contributed by atoms with Crippen molar-refractivity contribution in [3.05, 3.63) is 34.3 Å². The lowest BCUT2D eigenvalue weighted by molar-refractivity contribution is -0.143. The molecule has 1 N–H and O–H groups in total. The second kappa shape index (κ2) is 6.42. The molecule has 1 aliphatic rings. The number of carboxylic acids is 1. The Kier molecular flexibility index (Phi) is 5.02. The van der Waals surface area contributed by atoms with Crippen LogP contribution in [0.2, 0.25) is 0 Å². The van der Waals surface area contributed by atoms with E-state index in [0.717, 1.165) is 23.7 Å². The minimum atomic E-state index is -2.99. The lowest BCUT2D eigenvalue weighted by Crippen LogP contribution is -2.33. The summed E-state index contributed by atoms with van der Waals surface area (Å²) in [5.41, 5.74) is -0.818. The largest absolute Gasteiger partial charge is 0.481 e. The van der Waals surface area contributed by atoms with Gasteiger partial charge in [-0.2, -0.15) is 0 Å². The number of alkyl halides is 2. The molecule has 2 nitrogen and oxygen atoms in total. The zero-order chi connectivity index (χ0) is 15.5. The van der Waals surface area contributed by atoms with E-state index in [1.165, 1.54) is 12.1 Å². The van der Waals surface area contributed by atoms with E-state index >= 15 is 0 Å². The molecule has 0 saturated heterocycles. The molecule has 21 heavy (non-hydrogen) atoms. The molecule has 5 heteroatoms. The fraction of sp³-hybridized carbons (Fsp3) is 0.562. The number of carboxylic acid groups (broad SMARTS) is 1. The first-order valence-corrected chi connectivity index (χ1v) is 7.98. The Morgan fingerprint density at radius 3 is 2.29 bits per heavy atom. The van der Waals surface area contributed by atoms with Gasteiger partial charge in [0.1, 0.15) is 0 Å². The molecule has 0 spiro atoms. The minimum absolute atomic E-state index is 0.0407. The molecule has 0 atom stereocenters. The molecule has 1 aliphatic carbocycles. The van der Waals surface area contributed by atoms with Gasteiger partial charge in [0, 0.05) is 16.5 Å². The van der Waals surface area contributed by atoms with Gasteiger partial charge in [-0.15, -0.1) is 0 Å². The van der Waals surface area contributed by atoms with Crippen LogP contribution < -0.4 is 0 Å². The Bertz CT molecular complexity index is 494. The van der Waals surface area contributed by atoms with Gasteiger partial charge < -0.3 is 5.11 Å². The van der Waals surface area contributed by atoms with Crippen LogP contribution in [-0.2, 0) is 10.7 Å². The summed E-state index contributed by atoms with van der Waals surface area (Å²) in [4.78, 5) is 11.1. The average molecular weight is 361 g/mol. The Morgan fingerprint density at radius 1 is 1.19 bits per heavy atom. The molecule has 2 rings (SSSR count). The van der Waals surface area contributed by atoms with Gasteiger partial charge in [0.15, 0.2) is 0 Å². The maximum Gasteiger partial charge on any atom is 0.303 e. The van der Waals surface area contributed by atoms with Crippen molar-refractivity contribution < 1.29 is 18.7 Å². The van der Waals surface area contributed by atoms with Gasteiger partial charge in [-0.25, -0.2) is 8.78 Å². The Morgan fingerprint density at radius 2 is 1.76 bits per heavy atom. The van der Waals surface area contributed by atoms with E-state index in [1.807, 2.05) is 0 Å². The third-order valence-corrected chi connectivity index (χ3v) is 4.83. The van der Waals surface area contributed by atoms with Crippen molar-refractivity contribution in [3.8, 4) is 0 Å². The van der Waals surface area contributed by atoms with Crippen LogP contribution in [0.3, 0.4) is 0 Å². The monoisotopic (exact) mass is 360 g/mol. The van der Waals surface area contributed by atoms with Crippen LogP contribution >= 0.6 is 15.9 Å². The van der Waals surface area contributed by atoms with Gasteiger partial charge in [-0.3, -0.25) is 4.79 Å². The Balaban J connectivity index is 2.21. The third-order valence-electron chi connectivity index (χ3n) is 4.30. The maximum atomic E-state index is 14.6. The number of rotatable bonds is 5. The molecular weight excluding hydrogens is 342 g/mol. The smallest absolute Gasteiger partial charge is 0.303 e. The molecule has 1 saturated carbocycles. The fourth-order valence-electron chi connectivity index (χ4n) is 3.31. The first-order valence-electron chi connectivity index (χ1n) is 7.19. The number of carbonyl (C=O) groups is 1. The van der Waals surface area contributed by atoms with Crippen LogP contribution in [-0.4, -0.2) is 11.1 Å². The van der Waals surface area contributed by atoms with E-state index in [0.29, 0.717) is 12.8 Å². The average Bonchev–Trinajstić information content (AvgIpc) is 2.38. The normalized spacial score (nSPS) is 18.4. The molecule has 0 aliphatic heterocycles. The molecule has 0 unspecified atom stereocenters. The van der Waals surface area contributed by atoms with Gasteiger partial charge in [0.2, 0.25) is 0 Å². The predicted molar refractivity (Wildman–Crippen MR) is 80.4 cm³/mol. The number of hydrogen-bond donors (Lipinski definition) is 1. The summed E-state index contributed by atoms with van der Waals surface area (Å²) < 4.78 is 29.9. The van der Waals surface area contributed by atoms with E-state index in [9.17, 15) is 13.6 Å². The number of aliphatic carboxylic acids is 1. The lowest BCUT2D eigenvalue weighted by Gasteiger charge is -2.38. The predicted octanol–water partition coefficient (Wildman–Crippen LogP) is 5.36. The van der Waals surface area contributed by atoms with Gasteiger partial charge in [0.25, 0.3) is 5.92 Å². The van der Waals surface area contributed by atoms with E-state index in [2.05, 4.69) is 15.9 Å². The third kappa shape index (κ3) is 4.25. The van der Waals surface area contributed by atoms with Crippen LogP contribution in [0.4, 0.5) is 8.78 Å². The molecule has 1 fully saturated rings. The molecule has 0 radical (unpaired) electrons. The highest BCUT2D eigenvalue weighted by atomic mass is 79.9. The number of halogens is 3. The van der Waals surface area contributed by atoms with Gasteiger partial charge >= 0.3 is 5.97 Å². The number of benzene rings is 1. The summed E-state index contributed by atoms with van der Waals surface area (Å²) in [6, 6.07) is 5.99. The zero-order valence-corrected chi connectivity index (χ0v) is 13.3. The maximum absolute atomic E-state index is 14.6. The van der Waals surface area contributed by atoms with Gasteiger partial charge in [0.05, 0.1) is 6.42 Å². The highest BCUT2D eigenvalue weighted by molar-refractivity contribution is 9.10. The van der Waals surface area contributed by atoms with Crippen LogP contribution in [0.15, 0.2) is 28.7 Å². The highest BCUT2D eigenvalue weighted by Crippen LogP contribution is 2.49. The van der Waals surface area contributed by atoms with Crippen molar-refractivity contribution >= 4 is 21.9 Å². The first-order chi connectivity index (χ1) is 9.83. The second-order valence-corrected chi connectivity index (χ2v) is 6.93. The van der Waals surface area contributed by atoms with Crippen molar-refractivity contribution in [1.82, 2.24) is 0 Å². The summed E-state index contributed by atoms with van der Waals surface area (Å²) in [7, 11) is 0. The van der Waals surface area contributed by atoms with Crippen molar-refractivity contribution in [2.75, 3.05) is 0 Å². The highest BCUT2D eigenvalue weighted by Gasteiger charge is 2.44. The lowest BCUT2D eigenvalue weighted by atomic mass is 9.68. The molecule has 0 aromatic heterocycles. The minimum Gasteiger partial charge on any atom is -0.481 e. The SMILES string of the molecule is O=C(O)CC1(CC(F)(F)c2ccc(Br)cc2)CCCCC1. The fourth-order valence-corrected chi connectivity index (χ4v) is 3.57.